The van der Waals surface area contributed by atoms with Gasteiger partial charge in [0.1, 0.15) is 5.75 Å². The Labute approximate surface area is 207 Å². The maximum Gasteiger partial charge on any atom is 0.326 e. The van der Waals surface area contributed by atoms with Crippen molar-refractivity contribution in [2.45, 2.75) is 17.9 Å². The molecule has 8 heteroatoms. The molecule has 176 valence electrons. The number of carbonyl (C=O) groups excluding carboxylic acids is 1. The number of carbonyl (C=O) groups is 1. The number of methoxy groups -OCH3 is 1. The molecule has 0 saturated heterocycles. The molecule has 3 aromatic carbocycles. The van der Waals surface area contributed by atoms with Crippen molar-refractivity contribution in [3.05, 3.63) is 96.0 Å². The van der Waals surface area contributed by atoms with Gasteiger partial charge in [0.15, 0.2) is 0 Å². The highest BCUT2D eigenvalue weighted by molar-refractivity contribution is 7.98. The number of aromatic nitrogens is 2. The lowest BCUT2D eigenvalue weighted by atomic mass is 9.94. The first kappa shape index (κ1) is 22.7. The first-order valence-electron chi connectivity index (χ1n) is 11.1. The van der Waals surface area contributed by atoms with E-state index in [0.717, 1.165) is 33.0 Å². The Bertz CT molecular complexity index is 1370. The molecule has 0 radical (unpaired) electrons. The van der Waals surface area contributed by atoms with Gasteiger partial charge < -0.3 is 14.6 Å². The summed E-state index contributed by atoms with van der Waals surface area (Å²) in [5.41, 5.74) is 3.94. The lowest BCUT2D eigenvalue weighted by Crippen LogP contribution is -2.46. The Balaban J connectivity index is 1.61. The molecule has 1 N–H and O–H groups in total. The van der Waals surface area contributed by atoms with Gasteiger partial charge in [-0.2, -0.15) is 4.98 Å². The molecule has 2 amide bonds. The van der Waals surface area contributed by atoms with Crippen LogP contribution in [0.1, 0.15) is 24.4 Å². The van der Waals surface area contributed by atoms with E-state index in [1.807, 2.05) is 92.0 Å². The average molecular weight is 485 g/mol. The number of thioether (sulfide) groups is 1. The van der Waals surface area contributed by atoms with Gasteiger partial charge in [0, 0.05) is 16.2 Å². The van der Waals surface area contributed by atoms with Crippen molar-refractivity contribution in [1.29, 1.82) is 0 Å². The molecule has 0 bridgehead atoms. The van der Waals surface area contributed by atoms with Gasteiger partial charge in [-0.25, -0.2) is 4.79 Å². The Morgan fingerprint density at radius 3 is 2.37 bits per heavy atom. The number of nitrogens with zero attached hydrogens (tertiary/aromatic N) is 3. The lowest BCUT2D eigenvalue weighted by molar-refractivity contribution is 0.244. The van der Waals surface area contributed by atoms with Crippen molar-refractivity contribution in [1.82, 2.24) is 15.5 Å². The third kappa shape index (κ3) is 4.40. The van der Waals surface area contributed by atoms with E-state index in [1.54, 1.807) is 23.8 Å². The number of nitrogens with one attached hydrogen (secondary N) is 1. The van der Waals surface area contributed by atoms with E-state index in [-0.39, 0.29) is 6.03 Å². The molecular formula is C27H24N4O3S. The van der Waals surface area contributed by atoms with Crippen LogP contribution in [-0.4, -0.2) is 29.5 Å². The fraction of sp³-hybridized carbons (Fsp3) is 0.148. The van der Waals surface area contributed by atoms with E-state index >= 15 is 0 Å². The number of ether oxygens (including phenoxy) is 1. The molecule has 1 atom stereocenters. The van der Waals surface area contributed by atoms with Gasteiger partial charge in [0.2, 0.25) is 5.82 Å². The number of allylic oxidation sites excluding steroid dienone is 1. The number of hydrogen-bond acceptors (Lipinski definition) is 6. The highest BCUT2D eigenvalue weighted by Crippen LogP contribution is 2.39. The summed E-state index contributed by atoms with van der Waals surface area (Å²) in [4.78, 5) is 20.8. The molecule has 4 aromatic rings. The molecule has 35 heavy (non-hydrogen) atoms. The molecule has 0 fully saturated rings. The lowest BCUT2D eigenvalue weighted by Gasteiger charge is -2.35. The van der Waals surface area contributed by atoms with Gasteiger partial charge in [-0.05, 0) is 67.3 Å². The molecule has 0 aliphatic carbocycles. The van der Waals surface area contributed by atoms with E-state index in [2.05, 4.69) is 10.5 Å². The molecule has 7 nitrogen and oxygen atoms in total. The van der Waals surface area contributed by atoms with E-state index in [1.165, 1.54) is 0 Å². The summed E-state index contributed by atoms with van der Waals surface area (Å²) < 4.78 is 11.1. The van der Waals surface area contributed by atoms with Gasteiger partial charge in [-0.15, -0.1) is 11.8 Å². The van der Waals surface area contributed by atoms with Crippen LogP contribution in [0.2, 0.25) is 0 Å². The highest BCUT2D eigenvalue weighted by Gasteiger charge is 2.36. The second kappa shape index (κ2) is 9.68. The molecule has 1 unspecified atom stereocenters. The van der Waals surface area contributed by atoms with Crippen molar-refractivity contribution in [2.24, 2.45) is 0 Å². The van der Waals surface area contributed by atoms with E-state index in [0.29, 0.717) is 17.4 Å². The summed E-state index contributed by atoms with van der Waals surface area (Å²) in [6, 6.07) is 24.4. The van der Waals surface area contributed by atoms with Crippen LogP contribution < -0.4 is 15.0 Å². The number of urea groups is 1. The van der Waals surface area contributed by atoms with E-state index in [9.17, 15) is 4.79 Å². The van der Waals surface area contributed by atoms with E-state index < -0.39 is 6.04 Å². The van der Waals surface area contributed by atoms with Crippen LogP contribution in [0.3, 0.4) is 0 Å². The fourth-order valence-corrected chi connectivity index (χ4v) is 4.55. The smallest absolute Gasteiger partial charge is 0.326 e. The van der Waals surface area contributed by atoms with Crippen molar-refractivity contribution >= 4 is 29.1 Å². The predicted octanol–water partition coefficient (Wildman–Crippen LogP) is 6.17. The van der Waals surface area contributed by atoms with Crippen molar-refractivity contribution in [2.75, 3.05) is 18.3 Å². The van der Waals surface area contributed by atoms with Gasteiger partial charge >= 0.3 is 6.03 Å². The summed E-state index contributed by atoms with van der Waals surface area (Å²) in [6.07, 6.45) is 2.03. The minimum atomic E-state index is -0.472. The Morgan fingerprint density at radius 2 is 1.71 bits per heavy atom. The van der Waals surface area contributed by atoms with Gasteiger partial charge in [-0.3, -0.25) is 4.90 Å². The molecule has 5 rings (SSSR count). The van der Waals surface area contributed by atoms with Crippen LogP contribution >= 0.6 is 11.8 Å². The number of para-hydroxylation sites is 1. The molecule has 0 saturated carbocycles. The van der Waals surface area contributed by atoms with Crippen molar-refractivity contribution in [3.8, 4) is 17.1 Å². The summed E-state index contributed by atoms with van der Waals surface area (Å²) in [5, 5.41) is 7.37. The van der Waals surface area contributed by atoms with Crippen LogP contribution in [0, 0.1) is 0 Å². The topological polar surface area (TPSA) is 80.5 Å². The second-order valence-corrected chi connectivity index (χ2v) is 8.86. The maximum absolute atomic E-state index is 13.3. The fourth-order valence-electron chi connectivity index (χ4n) is 4.14. The number of hydrogen-bond donors (Lipinski definition) is 1. The Morgan fingerprint density at radius 1 is 1.00 bits per heavy atom. The summed E-state index contributed by atoms with van der Waals surface area (Å²) in [5.74, 6) is 1.58. The average Bonchev–Trinajstić information content (AvgIpc) is 3.39. The van der Waals surface area contributed by atoms with Crippen LogP contribution in [0.4, 0.5) is 10.5 Å². The minimum Gasteiger partial charge on any atom is -0.497 e. The molecule has 0 spiro atoms. The minimum absolute atomic E-state index is 0.231. The molecular weight excluding hydrogens is 460 g/mol. The summed E-state index contributed by atoms with van der Waals surface area (Å²) in [7, 11) is 1.62. The van der Waals surface area contributed by atoms with Gasteiger partial charge in [-0.1, -0.05) is 35.5 Å². The third-order valence-electron chi connectivity index (χ3n) is 5.95. The second-order valence-electron chi connectivity index (χ2n) is 7.98. The Kier molecular flexibility index (Phi) is 6.29. The van der Waals surface area contributed by atoms with Gasteiger partial charge in [0.25, 0.3) is 5.89 Å². The standard InChI is InChI=1S/C27H24N4O3S/c1-17-23(26-29-25(30-34-26)19-11-15-22(35-3)16-12-19)24(18-9-13-21(33-2)14-10-18)28-27(32)31(17)20-7-5-4-6-8-20/h4-16,24H,1-3H3,(H,28,32). The number of benzene rings is 3. The SMILES string of the molecule is COc1ccc(C2NC(=O)N(c3ccccc3)C(C)=C2c2nc(-c3ccc(SC)cc3)no2)cc1. The first-order chi connectivity index (χ1) is 17.1. The zero-order valence-electron chi connectivity index (χ0n) is 19.6. The molecule has 1 aliphatic rings. The summed E-state index contributed by atoms with van der Waals surface area (Å²) >= 11 is 1.67. The third-order valence-corrected chi connectivity index (χ3v) is 6.70. The van der Waals surface area contributed by atoms with Crippen LogP contribution in [0.25, 0.3) is 17.0 Å². The Hall–Kier alpha value is -4.04. The van der Waals surface area contributed by atoms with Crippen LogP contribution in [0.15, 0.2) is 94.0 Å². The zero-order valence-corrected chi connectivity index (χ0v) is 20.4. The summed E-state index contributed by atoms with van der Waals surface area (Å²) in [6.45, 7) is 1.90. The normalized spacial score (nSPS) is 15.8. The number of rotatable bonds is 6. The van der Waals surface area contributed by atoms with Crippen molar-refractivity contribution in [3.63, 3.8) is 0 Å². The molecule has 1 aromatic heterocycles. The van der Waals surface area contributed by atoms with E-state index in [4.69, 9.17) is 14.2 Å². The number of amides is 2. The first-order valence-corrected chi connectivity index (χ1v) is 12.3. The van der Waals surface area contributed by atoms with Crippen LogP contribution in [-0.2, 0) is 0 Å². The predicted molar refractivity (Wildman–Crippen MR) is 137 cm³/mol. The highest BCUT2D eigenvalue weighted by atomic mass is 32.2. The molecule has 1 aliphatic heterocycles. The molecule has 2 heterocycles. The largest absolute Gasteiger partial charge is 0.497 e. The zero-order chi connectivity index (χ0) is 24.4. The van der Waals surface area contributed by atoms with Crippen molar-refractivity contribution < 1.29 is 14.1 Å². The maximum atomic E-state index is 13.3. The van der Waals surface area contributed by atoms with Gasteiger partial charge in [0.05, 0.1) is 24.4 Å². The quantitative estimate of drug-likeness (QED) is 0.330. The number of anilines is 1. The monoisotopic (exact) mass is 484 g/mol. The van der Waals surface area contributed by atoms with Crippen LogP contribution in [0.5, 0.6) is 5.75 Å².